The van der Waals surface area contributed by atoms with Crippen molar-refractivity contribution in [1.82, 2.24) is 14.5 Å². The van der Waals surface area contributed by atoms with Crippen LogP contribution in [-0.2, 0) is 49.6 Å². The molecule has 0 aliphatic carbocycles. The first-order valence-corrected chi connectivity index (χ1v) is 18.7. The zero-order valence-electron chi connectivity index (χ0n) is 32.3. The molecule has 0 saturated carbocycles. The van der Waals surface area contributed by atoms with Gasteiger partial charge in [-0.05, 0) is 67.9 Å². The van der Waals surface area contributed by atoms with Gasteiger partial charge >= 0.3 is 31.7 Å². The van der Waals surface area contributed by atoms with Gasteiger partial charge in [0.25, 0.3) is 0 Å². The molecule has 1 aliphatic heterocycles. The predicted octanol–water partition coefficient (Wildman–Crippen LogP) is 6.10. The Morgan fingerprint density at radius 2 is 1.69 bits per heavy atom. The highest BCUT2D eigenvalue weighted by Gasteiger charge is 2.44. The summed E-state index contributed by atoms with van der Waals surface area (Å²) in [7, 11) is -4.07. The summed E-state index contributed by atoms with van der Waals surface area (Å²) in [6.45, 7) is 17.2. The van der Waals surface area contributed by atoms with Crippen LogP contribution < -0.4 is 15.1 Å². The van der Waals surface area contributed by atoms with Crippen LogP contribution in [0.2, 0.25) is 0 Å². The smallest absolute Gasteiger partial charge is 0.460 e. The van der Waals surface area contributed by atoms with E-state index in [0.29, 0.717) is 22.6 Å². The highest BCUT2D eigenvalue weighted by atomic mass is 31.2. The Morgan fingerprint density at radius 1 is 1.06 bits per heavy atom. The van der Waals surface area contributed by atoms with Crippen LogP contribution in [0.25, 0.3) is 0 Å². The summed E-state index contributed by atoms with van der Waals surface area (Å²) in [4.78, 5) is 71.8. The molecular weight excluding hydrogens is 723 g/mol. The van der Waals surface area contributed by atoms with Crippen LogP contribution in [0.5, 0.6) is 5.75 Å². The minimum atomic E-state index is -4.07. The number of benzene rings is 1. The van der Waals surface area contributed by atoms with Crippen LogP contribution in [0.3, 0.4) is 0 Å². The van der Waals surface area contributed by atoms with Crippen molar-refractivity contribution >= 4 is 37.7 Å². The molecule has 294 valence electrons. The van der Waals surface area contributed by atoms with Crippen molar-refractivity contribution in [3.8, 4) is 17.6 Å². The molecule has 1 aromatic carbocycles. The highest BCUT2D eigenvalue weighted by Crippen LogP contribution is 2.60. The molecule has 1 aromatic heterocycles. The van der Waals surface area contributed by atoms with E-state index in [4.69, 9.17) is 27.8 Å². The van der Waals surface area contributed by atoms with Gasteiger partial charge in [-0.1, -0.05) is 49.6 Å². The SMILES string of the molecule is C=CCOC(=O)CN(CCC)C(=O)Cn1cc(C#CCCOP2(=O)Oc3ccccc3C(C)(C)O2)c(N(C(=O)OC(C)(C)C)C(=O)OC(C)(C)C)nc1=O. The number of rotatable bonds is 12. The number of anilines is 1. The quantitative estimate of drug-likeness (QED) is 0.0603. The van der Waals surface area contributed by atoms with Gasteiger partial charge in [-0.2, -0.15) is 9.88 Å². The average molecular weight is 773 g/mol. The lowest BCUT2D eigenvalue weighted by Gasteiger charge is -2.35. The predicted molar refractivity (Wildman–Crippen MR) is 198 cm³/mol. The second-order valence-electron chi connectivity index (χ2n) is 14.5. The molecule has 2 aromatic rings. The first-order chi connectivity index (χ1) is 25.1. The Labute approximate surface area is 315 Å². The number of esters is 1. The van der Waals surface area contributed by atoms with Crippen molar-refractivity contribution < 1.29 is 51.5 Å². The number of para-hydroxylation sites is 1. The van der Waals surface area contributed by atoms with Gasteiger partial charge in [-0.25, -0.2) is 18.9 Å². The lowest BCUT2D eigenvalue weighted by atomic mass is 9.98. The van der Waals surface area contributed by atoms with Crippen LogP contribution in [0.4, 0.5) is 15.4 Å². The Morgan fingerprint density at radius 3 is 2.28 bits per heavy atom. The number of hydrogen-bond donors (Lipinski definition) is 0. The zero-order chi connectivity index (χ0) is 40.5. The molecule has 0 bridgehead atoms. The standard InChI is InChI=1S/C37H49N4O12P/c1-11-20-39(25-30(43)48-21-12-2)29(42)24-40-23-26(17-15-16-22-49-54(47)52-28-19-14-13-18-27(28)37(9,10)53-54)31(38-32(40)44)41(33(45)50-35(3,4)5)34(46)51-36(6,7)8/h12-14,18-19,23H,2,11,16,20-22,24-25H2,1,3-10H3. The molecule has 0 saturated heterocycles. The van der Waals surface area contributed by atoms with Crippen molar-refractivity contribution in [3.05, 3.63) is 64.7 Å². The van der Waals surface area contributed by atoms with E-state index in [2.05, 4.69) is 23.4 Å². The molecule has 54 heavy (non-hydrogen) atoms. The topological polar surface area (TPSA) is 182 Å². The number of imide groups is 1. The molecule has 3 amide bonds. The first-order valence-electron chi connectivity index (χ1n) is 17.2. The van der Waals surface area contributed by atoms with Crippen molar-refractivity contribution in [1.29, 1.82) is 0 Å². The first kappa shape index (κ1) is 43.4. The fraction of sp³-hybridized carbons (Fsp3) is 0.514. The van der Waals surface area contributed by atoms with E-state index in [1.165, 1.54) is 11.0 Å². The monoisotopic (exact) mass is 772 g/mol. The average Bonchev–Trinajstić information content (AvgIpc) is 3.03. The number of hydrogen-bond acceptors (Lipinski definition) is 13. The molecule has 16 nitrogen and oxygen atoms in total. The molecule has 0 spiro atoms. The number of phosphoric acid groups is 1. The van der Waals surface area contributed by atoms with Crippen LogP contribution in [-0.4, -0.2) is 76.0 Å². The number of carbonyl (C=O) groups is 4. The molecule has 0 fully saturated rings. The van der Waals surface area contributed by atoms with E-state index < -0.39 is 66.7 Å². The molecule has 3 rings (SSSR count). The normalized spacial score (nSPS) is 16.0. The summed E-state index contributed by atoms with van der Waals surface area (Å²) < 4.78 is 47.2. The lowest BCUT2D eigenvalue weighted by Crippen LogP contribution is -2.46. The van der Waals surface area contributed by atoms with E-state index in [1.54, 1.807) is 86.6 Å². The number of fused-ring (bicyclic) bond motifs is 1. The summed E-state index contributed by atoms with van der Waals surface area (Å²) in [5.74, 6) is 4.11. The number of nitrogens with zero attached hydrogens (tertiary/aromatic N) is 4. The van der Waals surface area contributed by atoms with Gasteiger partial charge in [0.05, 0.1) is 12.2 Å². The van der Waals surface area contributed by atoms with Gasteiger partial charge in [-0.15, -0.1) is 0 Å². The third-order valence-corrected chi connectivity index (χ3v) is 8.56. The summed E-state index contributed by atoms with van der Waals surface area (Å²) in [6, 6.07) is 6.98. The number of carbonyl (C=O) groups excluding carboxylic acids is 4. The Kier molecular flexibility index (Phi) is 14.4. The fourth-order valence-corrected chi connectivity index (χ4v) is 6.32. The van der Waals surface area contributed by atoms with Crippen molar-refractivity contribution in [3.63, 3.8) is 0 Å². The fourth-order valence-electron chi connectivity index (χ4n) is 4.81. The van der Waals surface area contributed by atoms with E-state index in [0.717, 1.165) is 10.8 Å². The Bertz CT molecular complexity index is 1870. The molecule has 1 aliphatic rings. The Balaban J connectivity index is 2.02. The minimum Gasteiger partial charge on any atom is -0.460 e. The third-order valence-electron chi connectivity index (χ3n) is 6.96. The number of aromatic nitrogens is 2. The van der Waals surface area contributed by atoms with Crippen molar-refractivity contribution in [2.45, 2.75) is 98.5 Å². The molecule has 1 unspecified atom stereocenters. The van der Waals surface area contributed by atoms with E-state index in [9.17, 15) is 28.5 Å². The molecule has 2 heterocycles. The van der Waals surface area contributed by atoms with Gasteiger partial charge in [0.1, 0.15) is 42.2 Å². The zero-order valence-corrected chi connectivity index (χ0v) is 33.2. The lowest BCUT2D eigenvalue weighted by molar-refractivity contribution is -0.148. The maximum Gasteiger partial charge on any atom is 0.530 e. The van der Waals surface area contributed by atoms with Gasteiger partial charge in [0.15, 0.2) is 5.82 Å². The maximum atomic E-state index is 13.5. The number of phosphoric ester groups is 1. The van der Waals surface area contributed by atoms with Crippen LogP contribution in [0.15, 0.2) is 47.9 Å². The van der Waals surface area contributed by atoms with Gasteiger partial charge in [0.2, 0.25) is 5.91 Å². The van der Waals surface area contributed by atoms with Crippen LogP contribution in [0.1, 0.15) is 86.3 Å². The molecule has 0 radical (unpaired) electrons. The molecule has 17 heteroatoms. The minimum absolute atomic E-state index is 0.0414. The van der Waals surface area contributed by atoms with Gasteiger partial charge < -0.3 is 23.6 Å². The Hall–Kier alpha value is -4.97. The summed E-state index contributed by atoms with van der Waals surface area (Å²) in [6.07, 6.45) is 0.548. The molecule has 0 N–H and O–H groups in total. The van der Waals surface area contributed by atoms with Crippen LogP contribution >= 0.6 is 7.82 Å². The summed E-state index contributed by atoms with van der Waals surface area (Å²) >= 11 is 0. The maximum absolute atomic E-state index is 13.5. The van der Waals surface area contributed by atoms with E-state index in [-0.39, 0.29) is 38.3 Å². The molecule has 1 atom stereocenters. The second kappa shape index (κ2) is 17.9. The van der Waals surface area contributed by atoms with E-state index in [1.807, 2.05) is 0 Å². The second-order valence-corrected chi connectivity index (χ2v) is 16.0. The number of ether oxygens (including phenoxy) is 3. The third kappa shape index (κ3) is 12.6. The summed E-state index contributed by atoms with van der Waals surface area (Å²) in [5.41, 5.74) is -3.62. The van der Waals surface area contributed by atoms with Crippen molar-refractivity contribution in [2.75, 3.05) is 31.2 Å². The number of amides is 3. The summed E-state index contributed by atoms with van der Waals surface area (Å²) in [5, 5.41) is 0. The highest BCUT2D eigenvalue weighted by molar-refractivity contribution is 7.49. The van der Waals surface area contributed by atoms with Crippen LogP contribution in [0, 0.1) is 11.8 Å². The van der Waals surface area contributed by atoms with Crippen molar-refractivity contribution in [2.24, 2.45) is 0 Å². The largest absolute Gasteiger partial charge is 0.530 e. The van der Waals surface area contributed by atoms with Gasteiger partial charge in [0, 0.05) is 24.7 Å². The molecular formula is C37H49N4O12P. The van der Waals surface area contributed by atoms with E-state index >= 15 is 0 Å². The van der Waals surface area contributed by atoms with Gasteiger partial charge in [-0.3, -0.25) is 23.2 Å².